The van der Waals surface area contributed by atoms with Gasteiger partial charge in [0.25, 0.3) is 5.91 Å². The van der Waals surface area contributed by atoms with E-state index in [1.807, 2.05) is 4.90 Å². The van der Waals surface area contributed by atoms with Crippen LogP contribution in [0.2, 0.25) is 0 Å². The first-order chi connectivity index (χ1) is 12.1. The SMILES string of the molecule is Cn1nccc1C(=O)N1CCC(n2c(=O)n(C)c3cncnc32)CC1. The molecule has 1 amide bonds. The van der Waals surface area contributed by atoms with Gasteiger partial charge in [-0.1, -0.05) is 0 Å². The summed E-state index contributed by atoms with van der Waals surface area (Å²) in [5.74, 6) is -0.0222. The number of piperidine rings is 1. The second-order valence-electron chi connectivity index (χ2n) is 6.31. The van der Waals surface area contributed by atoms with Crippen molar-refractivity contribution in [2.24, 2.45) is 14.1 Å². The number of hydrogen-bond acceptors (Lipinski definition) is 5. The Balaban J connectivity index is 1.57. The van der Waals surface area contributed by atoms with Crippen molar-refractivity contribution in [3.8, 4) is 0 Å². The Morgan fingerprint density at radius 2 is 2.00 bits per heavy atom. The van der Waals surface area contributed by atoms with Gasteiger partial charge in [-0.2, -0.15) is 5.10 Å². The van der Waals surface area contributed by atoms with Crippen LogP contribution in [-0.2, 0) is 14.1 Å². The average molecular weight is 341 g/mol. The van der Waals surface area contributed by atoms with Crippen LogP contribution < -0.4 is 5.69 Å². The average Bonchev–Trinajstić information content (AvgIpc) is 3.17. The standard InChI is InChI=1S/C16H19N7O2/c1-20-13-9-17-10-18-14(13)23(16(20)25)11-4-7-22(8-5-11)15(24)12-3-6-19-21(12)2/h3,6,9-11H,4-5,7-8H2,1-2H3. The van der Waals surface area contributed by atoms with Gasteiger partial charge < -0.3 is 4.90 Å². The van der Waals surface area contributed by atoms with Gasteiger partial charge in [-0.25, -0.2) is 14.8 Å². The lowest BCUT2D eigenvalue weighted by Crippen LogP contribution is -2.41. The summed E-state index contributed by atoms with van der Waals surface area (Å²) in [4.78, 5) is 35.3. The maximum absolute atomic E-state index is 12.6. The monoisotopic (exact) mass is 341 g/mol. The van der Waals surface area contributed by atoms with Gasteiger partial charge in [-0.3, -0.25) is 18.6 Å². The predicted molar refractivity (Wildman–Crippen MR) is 90.2 cm³/mol. The van der Waals surface area contributed by atoms with Crippen LogP contribution in [0, 0.1) is 0 Å². The molecule has 1 fully saturated rings. The summed E-state index contributed by atoms with van der Waals surface area (Å²) in [5, 5.41) is 4.05. The van der Waals surface area contributed by atoms with E-state index in [4.69, 9.17) is 0 Å². The summed E-state index contributed by atoms with van der Waals surface area (Å²) >= 11 is 0. The third-order valence-corrected chi connectivity index (χ3v) is 4.91. The topological polar surface area (TPSA) is 90.8 Å². The van der Waals surface area contributed by atoms with E-state index >= 15 is 0 Å². The van der Waals surface area contributed by atoms with Crippen molar-refractivity contribution in [3.63, 3.8) is 0 Å². The first-order valence-electron chi connectivity index (χ1n) is 8.22. The van der Waals surface area contributed by atoms with Crippen LogP contribution in [0.5, 0.6) is 0 Å². The van der Waals surface area contributed by atoms with Crippen LogP contribution in [0.3, 0.4) is 0 Å². The molecule has 4 rings (SSSR count). The van der Waals surface area contributed by atoms with Gasteiger partial charge in [0.1, 0.15) is 17.5 Å². The van der Waals surface area contributed by atoms with E-state index in [0.29, 0.717) is 37.3 Å². The minimum atomic E-state index is -0.0908. The van der Waals surface area contributed by atoms with Gasteiger partial charge in [-0.05, 0) is 18.9 Å². The normalized spacial score (nSPS) is 15.8. The Bertz CT molecular complexity index is 991. The summed E-state index contributed by atoms with van der Waals surface area (Å²) in [5.41, 5.74) is 1.86. The van der Waals surface area contributed by atoms with Crippen LogP contribution in [-0.4, -0.2) is 52.8 Å². The fourth-order valence-corrected chi connectivity index (χ4v) is 3.50. The van der Waals surface area contributed by atoms with E-state index in [0.717, 1.165) is 5.52 Å². The number of hydrogen-bond donors (Lipinski definition) is 0. The predicted octanol–water partition coefficient (Wildman–Crippen LogP) is 0.341. The molecule has 0 unspecified atom stereocenters. The molecule has 0 spiro atoms. The minimum Gasteiger partial charge on any atom is -0.337 e. The maximum Gasteiger partial charge on any atom is 0.330 e. The first-order valence-corrected chi connectivity index (χ1v) is 8.22. The maximum atomic E-state index is 12.6. The van der Waals surface area contributed by atoms with E-state index in [9.17, 15) is 9.59 Å². The molecule has 1 saturated heterocycles. The van der Waals surface area contributed by atoms with E-state index in [1.54, 1.807) is 46.4 Å². The Morgan fingerprint density at radius 1 is 1.24 bits per heavy atom. The molecule has 1 aliphatic heterocycles. The number of carbonyl (C=O) groups excluding carboxylic acids is 1. The first kappa shape index (κ1) is 15.6. The summed E-state index contributed by atoms with van der Waals surface area (Å²) in [7, 11) is 3.49. The van der Waals surface area contributed by atoms with Gasteiger partial charge in [0.05, 0.1) is 6.20 Å². The molecule has 0 radical (unpaired) electrons. The highest BCUT2D eigenvalue weighted by Crippen LogP contribution is 2.25. The minimum absolute atomic E-state index is 0.0222. The van der Waals surface area contributed by atoms with Gasteiger partial charge >= 0.3 is 5.69 Å². The molecule has 0 N–H and O–H groups in total. The van der Waals surface area contributed by atoms with Crippen molar-refractivity contribution >= 4 is 17.1 Å². The zero-order valence-electron chi connectivity index (χ0n) is 14.2. The van der Waals surface area contributed by atoms with Gasteiger partial charge in [0.2, 0.25) is 0 Å². The molecule has 0 bridgehead atoms. The van der Waals surface area contributed by atoms with E-state index in [-0.39, 0.29) is 17.6 Å². The van der Waals surface area contributed by atoms with Crippen LogP contribution >= 0.6 is 0 Å². The number of nitrogens with zero attached hydrogens (tertiary/aromatic N) is 7. The number of likely N-dealkylation sites (tertiary alicyclic amines) is 1. The fraction of sp³-hybridized carbons (Fsp3) is 0.438. The molecular formula is C16H19N7O2. The van der Waals surface area contributed by atoms with Gasteiger partial charge in [-0.15, -0.1) is 0 Å². The molecule has 0 atom stereocenters. The lowest BCUT2D eigenvalue weighted by atomic mass is 10.0. The molecule has 0 saturated carbocycles. The third-order valence-electron chi connectivity index (χ3n) is 4.91. The molecular weight excluding hydrogens is 322 g/mol. The molecule has 130 valence electrons. The number of aryl methyl sites for hydroxylation is 2. The second-order valence-corrected chi connectivity index (χ2v) is 6.31. The molecule has 3 aromatic rings. The van der Waals surface area contributed by atoms with Crippen molar-refractivity contribution in [2.45, 2.75) is 18.9 Å². The largest absolute Gasteiger partial charge is 0.337 e. The molecule has 9 heteroatoms. The Kier molecular flexibility index (Phi) is 3.63. The molecule has 3 aromatic heterocycles. The molecule has 9 nitrogen and oxygen atoms in total. The molecule has 1 aliphatic rings. The molecule has 0 aromatic carbocycles. The number of rotatable bonds is 2. The summed E-state index contributed by atoms with van der Waals surface area (Å²) in [6, 6.07) is 1.75. The third kappa shape index (κ3) is 2.43. The smallest absolute Gasteiger partial charge is 0.330 e. The lowest BCUT2D eigenvalue weighted by Gasteiger charge is -2.32. The quantitative estimate of drug-likeness (QED) is 0.670. The summed E-state index contributed by atoms with van der Waals surface area (Å²) in [6.45, 7) is 1.20. The Labute approximate surface area is 143 Å². The lowest BCUT2D eigenvalue weighted by molar-refractivity contribution is 0.0683. The van der Waals surface area contributed by atoms with Crippen LogP contribution in [0.1, 0.15) is 29.4 Å². The van der Waals surface area contributed by atoms with Crippen LogP contribution in [0.4, 0.5) is 0 Å². The van der Waals surface area contributed by atoms with E-state index in [2.05, 4.69) is 15.1 Å². The van der Waals surface area contributed by atoms with Crippen molar-refractivity contribution in [2.75, 3.05) is 13.1 Å². The molecule has 0 aliphatic carbocycles. The highest BCUT2D eigenvalue weighted by atomic mass is 16.2. The zero-order valence-corrected chi connectivity index (χ0v) is 14.2. The Hall–Kier alpha value is -2.97. The fourth-order valence-electron chi connectivity index (χ4n) is 3.50. The highest BCUT2D eigenvalue weighted by molar-refractivity contribution is 5.92. The number of carbonyl (C=O) groups is 1. The number of imidazole rings is 1. The highest BCUT2D eigenvalue weighted by Gasteiger charge is 2.28. The second kappa shape index (κ2) is 5.83. The van der Waals surface area contributed by atoms with Crippen molar-refractivity contribution in [1.29, 1.82) is 0 Å². The Morgan fingerprint density at radius 3 is 2.68 bits per heavy atom. The van der Waals surface area contributed by atoms with Crippen molar-refractivity contribution in [3.05, 3.63) is 41.0 Å². The van der Waals surface area contributed by atoms with Gasteiger partial charge in [0.15, 0.2) is 5.65 Å². The summed E-state index contributed by atoms with van der Waals surface area (Å²) in [6.07, 6.45) is 6.16. The van der Waals surface area contributed by atoms with E-state index in [1.165, 1.54) is 6.33 Å². The van der Waals surface area contributed by atoms with Gasteiger partial charge in [0, 0.05) is 39.4 Å². The van der Waals surface area contributed by atoms with Crippen molar-refractivity contribution < 1.29 is 4.79 Å². The molecule has 4 heterocycles. The molecule has 25 heavy (non-hydrogen) atoms. The zero-order chi connectivity index (χ0) is 17.6. The number of fused-ring (bicyclic) bond motifs is 1. The number of amides is 1. The van der Waals surface area contributed by atoms with Crippen LogP contribution in [0.25, 0.3) is 11.2 Å². The van der Waals surface area contributed by atoms with Crippen molar-refractivity contribution in [1.82, 2.24) is 33.8 Å². The summed E-state index contributed by atoms with van der Waals surface area (Å²) < 4.78 is 4.89. The van der Waals surface area contributed by atoms with E-state index < -0.39 is 0 Å². The van der Waals surface area contributed by atoms with Crippen LogP contribution in [0.15, 0.2) is 29.6 Å². The number of aromatic nitrogens is 6.